The summed E-state index contributed by atoms with van der Waals surface area (Å²) < 4.78 is 1.77. The van der Waals surface area contributed by atoms with Gasteiger partial charge in [0, 0.05) is 55.3 Å². The lowest BCUT2D eigenvalue weighted by molar-refractivity contribution is 0.165. The highest BCUT2D eigenvalue weighted by Crippen LogP contribution is 2.45. The molecule has 5 nitrogen and oxygen atoms in total. The number of aryl methyl sites for hydroxylation is 2. The molecule has 2 aliphatic heterocycles. The van der Waals surface area contributed by atoms with Crippen molar-refractivity contribution in [2.75, 3.05) is 0 Å². The molecule has 0 unspecified atom stereocenters. The molecule has 2 aromatic heterocycles. The van der Waals surface area contributed by atoms with Crippen molar-refractivity contribution < 1.29 is 0 Å². The quantitative estimate of drug-likeness (QED) is 0.857. The molecule has 0 spiro atoms. The predicted octanol–water partition coefficient (Wildman–Crippen LogP) is 3.31. The van der Waals surface area contributed by atoms with Crippen LogP contribution in [0.3, 0.4) is 0 Å². The van der Waals surface area contributed by atoms with Crippen LogP contribution in [0.15, 0.2) is 6.20 Å². The summed E-state index contributed by atoms with van der Waals surface area (Å²) in [6.07, 6.45) is 8.10. The van der Waals surface area contributed by atoms with Crippen LogP contribution in [0.5, 0.6) is 0 Å². The van der Waals surface area contributed by atoms with E-state index < -0.39 is 0 Å². The fourth-order valence-electron chi connectivity index (χ4n) is 4.41. The standard InChI is InChI=1S/C18H22ClN5/c1-10-14(17(19)23(2)22-10)9-24-12-5-6-16(24)13-8-20-18(11-3-4-11)21-15(13)7-12/h8,11-12,16H,3-7,9H2,1-2H3/t12-,16+/m0/s1. The number of halogens is 1. The van der Waals surface area contributed by atoms with Gasteiger partial charge in [-0.1, -0.05) is 11.6 Å². The molecule has 0 N–H and O–H groups in total. The normalized spacial score (nSPS) is 26.0. The van der Waals surface area contributed by atoms with E-state index in [2.05, 4.69) is 21.2 Å². The van der Waals surface area contributed by atoms with Crippen LogP contribution in [0.1, 0.15) is 66.0 Å². The molecule has 0 amide bonds. The molecule has 6 heteroatoms. The summed E-state index contributed by atoms with van der Waals surface area (Å²) in [6.45, 7) is 2.92. The number of hydrogen-bond acceptors (Lipinski definition) is 4. The Morgan fingerprint density at radius 1 is 1.25 bits per heavy atom. The Labute approximate surface area is 147 Å². The third kappa shape index (κ3) is 2.21. The first kappa shape index (κ1) is 14.8. The van der Waals surface area contributed by atoms with E-state index in [-0.39, 0.29) is 0 Å². The Hall–Kier alpha value is -1.46. The monoisotopic (exact) mass is 343 g/mol. The summed E-state index contributed by atoms with van der Waals surface area (Å²) in [4.78, 5) is 12.2. The van der Waals surface area contributed by atoms with Crippen molar-refractivity contribution >= 4 is 11.6 Å². The Bertz CT molecular complexity index is 810. The Morgan fingerprint density at radius 2 is 2.08 bits per heavy atom. The zero-order chi connectivity index (χ0) is 16.4. The average molecular weight is 344 g/mol. The molecule has 24 heavy (non-hydrogen) atoms. The molecular weight excluding hydrogens is 322 g/mol. The van der Waals surface area contributed by atoms with Crippen LogP contribution in [0.25, 0.3) is 0 Å². The number of hydrogen-bond donors (Lipinski definition) is 0. The van der Waals surface area contributed by atoms with E-state index in [9.17, 15) is 0 Å². The number of rotatable bonds is 3. The maximum Gasteiger partial charge on any atom is 0.131 e. The minimum atomic E-state index is 0.433. The van der Waals surface area contributed by atoms with Gasteiger partial charge in [-0.2, -0.15) is 5.10 Å². The summed E-state index contributed by atoms with van der Waals surface area (Å²) in [7, 11) is 1.91. The molecule has 2 aromatic rings. The second-order valence-electron chi connectivity index (χ2n) is 7.51. The molecule has 1 saturated carbocycles. The lowest BCUT2D eigenvalue weighted by atomic mass is 9.98. The molecule has 0 radical (unpaired) electrons. The predicted molar refractivity (Wildman–Crippen MR) is 92.0 cm³/mol. The van der Waals surface area contributed by atoms with Crippen molar-refractivity contribution in [3.05, 3.63) is 39.7 Å². The van der Waals surface area contributed by atoms with E-state index in [0.717, 1.165) is 35.2 Å². The van der Waals surface area contributed by atoms with E-state index in [4.69, 9.17) is 16.6 Å². The van der Waals surface area contributed by atoms with Gasteiger partial charge in [-0.05, 0) is 32.6 Å². The van der Waals surface area contributed by atoms with Gasteiger partial charge in [-0.25, -0.2) is 9.97 Å². The first-order valence-electron chi connectivity index (χ1n) is 8.91. The van der Waals surface area contributed by atoms with Gasteiger partial charge in [0.25, 0.3) is 0 Å². The second kappa shape index (κ2) is 5.27. The highest BCUT2D eigenvalue weighted by atomic mass is 35.5. The van der Waals surface area contributed by atoms with Crippen molar-refractivity contribution in [3.63, 3.8) is 0 Å². The molecular formula is C18H22ClN5. The maximum absolute atomic E-state index is 6.46. The van der Waals surface area contributed by atoms with Crippen molar-refractivity contribution in [3.8, 4) is 0 Å². The van der Waals surface area contributed by atoms with Crippen LogP contribution >= 0.6 is 11.6 Å². The van der Waals surface area contributed by atoms with Crippen molar-refractivity contribution in [1.29, 1.82) is 0 Å². The van der Waals surface area contributed by atoms with Crippen LogP contribution in [-0.4, -0.2) is 30.7 Å². The summed E-state index contributed by atoms with van der Waals surface area (Å²) in [6, 6.07) is 1.00. The number of fused-ring (bicyclic) bond motifs is 4. The SMILES string of the molecule is Cc1nn(C)c(Cl)c1CN1[C@H]2CC[C@@H]1c1cnc(C3CC3)nc1C2. The topological polar surface area (TPSA) is 46.8 Å². The number of aromatic nitrogens is 4. The number of nitrogens with zero attached hydrogens (tertiary/aromatic N) is 5. The van der Waals surface area contributed by atoms with Gasteiger partial charge in [-0.3, -0.25) is 9.58 Å². The zero-order valence-electron chi connectivity index (χ0n) is 14.2. The molecule has 126 valence electrons. The fourth-order valence-corrected chi connectivity index (χ4v) is 4.64. The Morgan fingerprint density at radius 3 is 2.79 bits per heavy atom. The summed E-state index contributed by atoms with van der Waals surface area (Å²) >= 11 is 6.46. The Kier molecular flexibility index (Phi) is 3.26. The molecule has 4 heterocycles. The highest BCUT2D eigenvalue weighted by molar-refractivity contribution is 6.30. The maximum atomic E-state index is 6.46. The van der Waals surface area contributed by atoms with E-state index in [1.807, 2.05) is 14.0 Å². The van der Waals surface area contributed by atoms with Gasteiger partial charge in [0.2, 0.25) is 0 Å². The third-order valence-electron chi connectivity index (χ3n) is 5.90. The molecule has 1 saturated heterocycles. The summed E-state index contributed by atoms with van der Waals surface area (Å²) in [5.74, 6) is 1.70. The minimum absolute atomic E-state index is 0.433. The van der Waals surface area contributed by atoms with Crippen LogP contribution < -0.4 is 0 Å². The Balaban J connectivity index is 1.47. The molecule has 0 aromatic carbocycles. The molecule has 5 rings (SSSR count). The van der Waals surface area contributed by atoms with Gasteiger partial charge >= 0.3 is 0 Å². The summed E-state index contributed by atoms with van der Waals surface area (Å²) in [5.41, 5.74) is 4.83. The molecule has 2 bridgehead atoms. The van der Waals surface area contributed by atoms with Crippen LogP contribution in [0.4, 0.5) is 0 Å². The van der Waals surface area contributed by atoms with Crippen molar-refractivity contribution in [1.82, 2.24) is 24.6 Å². The first-order chi connectivity index (χ1) is 11.6. The third-order valence-corrected chi connectivity index (χ3v) is 6.38. The van der Waals surface area contributed by atoms with E-state index >= 15 is 0 Å². The highest BCUT2D eigenvalue weighted by Gasteiger charge is 2.42. The molecule has 2 atom stereocenters. The summed E-state index contributed by atoms with van der Waals surface area (Å²) in [5, 5.41) is 5.22. The molecule has 1 aliphatic carbocycles. The molecule has 2 fully saturated rings. The zero-order valence-corrected chi connectivity index (χ0v) is 14.9. The smallest absolute Gasteiger partial charge is 0.131 e. The lowest BCUT2D eigenvalue weighted by Crippen LogP contribution is -2.37. The van der Waals surface area contributed by atoms with Crippen LogP contribution in [-0.2, 0) is 20.0 Å². The van der Waals surface area contributed by atoms with Gasteiger partial charge in [-0.15, -0.1) is 0 Å². The second-order valence-corrected chi connectivity index (χ2v) is 7.86. The van der Waals surface area contributed by atoms with Gasteiger partial charge < -0.3 is 0 Å². The van der Waals surface area contributed by atoms with Gasteiger partial charge in [0.1, 0.15) is 11.0 Å². The van der Waals surface area contributed by atoms with Crippen molar-refractivity contribution in [2.45, 2.75) is 63.6 Å². The average Bonchev–Trinajstić information content (AvgIpc) is 3.33. The van der Waals surface area contributed by atoms with E-state index in [0.29, 0.717) is 18.0 Å². The van der Waals surface area contributed by atoms with Gasteiger partial charge in [0.05, 0.1) is 11.4 Å². The van der Waals surface area contributed by atoms with Crippen molar-refractivity contribution in [2.24, 2.45) is 7.05 Å². The fraction of sp³-hybridized carbons (Fsp3) is 0.611. The first-order valence-corrected chi connectivity index (χ1v) is 9.29. The van der Waals surface area contributed by atoms with Crippen LogP contribution in [0.2, 0.25) is 5.15 Å². The van der Waals surface area contributed by atoms with Crippen LogP contribution in [0, 0.1) is 6.92 Å². The van der Waals surface area contributed by atoms with E-state index in [1.54, 1.807) is 4.68 Å². The minimum Gasteiger partial charge on any atom is -0.288 e. The lowest BCUT2D eigenvalue weighted by Gasteiger charge is -2.35. The molecule has 3 aliphatic rings. The van der Waals surface area contributed by atoms with Gasteiger partial charge in [0.15, 0.2) is 0 Å². The largest absolute Gasteiger partial charge is 0.288 e. The van der Waals surface area contributed by atoms with E-state index in [1.165, 1.54) is 36.9 Å².